The topological polar surface area (TPSA) is 99.8 Å². The van der Waals surface area contributed by atoms with Gasteiger partial charge >= 0.3 is 0 Å². The quantitative estimate of drug-likeness (QED) is 0.465. The number of anilines is 2. The van der Waals surface area contributed by atoms with Crippen LogP contribution in [0.25, 0.3) is 0 Å². The fraction of sp³-hybridized carbons (Fsp3) is 0.423. The number of rotatable bonds is 10. The highest BCUT2D eigenvalue weighted by Gasteiger charge is 2.17. The van der Waals surface area contributed by atoms with Crippen LogP contribution in [0.15, 0.2) is 48.5 Å². The monoisotopic (exact) mass is 466 g/mol. The van der Waals surface area contributed by atoms with Gasteiger partial charge in [-0.3, -0.25) is 14.4 Å². The van der Waals surface area contributed by atoms with Crippen LogP contribution in [0.3, 0.4) is 0 Å². The van der Waals surface area contributed by atoms with Crippen molar-refractivity contribution >= 4 is 29.1 Å². The molecule has 8 nitrogen and oxygen atoms in total. The van der Waals surface area contributed by atoms with Crippen LogP contribution in [-0.2, 0) is 9.53 Å². The minimum atomic E-state index is -0.202. The van der Waals surface area contributed by atoms with Gasteiger partial charge in [0.15, 0.2) is 0 Å². The number of ether oxygens (including phenoxy) is 1. The van der Waals surface area contributed by atoms with E-state index in [1.807, 2.05) is 4.90 Å². The van der Waals surface area contributed by atoms with Gasteiger partial charge in [0.05, 0.1) is 6.54 Å². The van der Waals surface area contributed by atoms with Gasteiger partial charge in [0.25, 0.3) is 11.8 Å². The molecule has 8 heteroatoms. The normalized spacial score (nSPS) is 13.6. The van der Waals surface area contributed by atoms with Crippen molar-refractivity contribution in [3.05, 3.63) is 59.7 Å². The number of likely N-dealkylation sites (tertiary alicyclic amines) is 1. The average molecular weight is 467 g/mol. The number of hydrogen-bond donors (Lipinski definition) is 3. The first-order valence-electron chi connectivity index (χ1n) is 11.9. The zero-order valence-corrected chi connectivity index (χ0v) is 19.8. The highest BCUT2D eigenvalue weighted by Crippen LogP contribution is 2.16. The lowest BCUT2D eigenvalue weighted by Gasteiger charge is -2.20. The van der Waals surface area contributed by atoms with Crippen molar-refractivity contribution in [1.82, 2.24) is 10.2 Å². The molecule has 2 aromatic rings. The summed E-state index contributed by atoms with van der Waals surface area (Å²) in [5.41, 5.74) is 2.58. The zero-order chi connectivity index (χ0) is 24.2. The molecular weight excluding hydrogens is 432 g/mol. The molecule has 0 saturated carbocycles. The largest absolute Gasteiger partial charge is 0.385 e. The summed E-state index contributed by atoms with van der Waals surface area (Å²) in [7, 11) is 1.63. The van der Waals surface area contributed by atoms with E-state index in [2.05, 4.69) is 16.0 Å². The van der Waals surface area contributed by atoms with Gasteiger partial charge in [-0.2, -0.15) is 0 Å². The summed E-state index contributed by atoms with van der Waals surface area (Å²) in [6.45, 7) is 2.86. The fourth-order valence-electron chi connectivity index (χ4n) is 3.80. The molecule has 1 saturated heterocycles. The first-order chi connectivity index (χ1) is 16.6. The first kappa shape index (κ1) is 25.2. The molecule has 0 atom stereocenters. The van der Waals surface area contributed by atoms with Crippen LogP contribution in [0.5, 0.6) is 0 Å². The Labute approximate surface area is 201 Å². The molecule has 182 valence electrons. The molecule has 1 aliphatic heterocycles. The number of carbonyl (C=O) groups excluding carboxylic acids is 3. The number of nitrogens with one attached hydrogen (secondary N) is 3. The summed E-state index contributed by atoms with van der Waals surface area (Å²) in [6.07, 6.45) is 5.22. The van der Waals surface area contributed by atoms with Crippen molar-refractivity contribution in [3.8, 4) is 0 Å². The van der Waals surface area contributed by atoms with Gasteiger partial charge in [0.1, 0.15) is 0 Å². The van der Waals surface area contributed by atoms with E-state index in [0.717, 1.165) is 38.0 Å². The molecule has 2 aromatic carbocycles. The molecule has 0 unspecified atom stereocenters. The lowest BCUT2D eigenvalue weighted by atomic mass is 10.1. The molecule has 0 aliphatic carbocycles. The highest BCUT2D eigenvalue weighted by molar-refractivity contribution is 5.97. The van der Waals surface area contributed by atoms with E-state index in [-0.39, 0.29) is 24.3 Å². The minimum Gasteiger partial charge on any atom is -0.385 e. The molecule has 3 amide bonds. The molecule has 1 heterocycles. The van der Waals surface area contributed by atoms with E-state index in [1.165, 1.54) is 12.8 Å². The second kappa shape index (κ2) is 13.3. The Bertz CT molecular complexity index is 936. The summed E-state index contributed by atoms with van der Waals surface area (Å²) in [5.74, 6) is -0.293. The van der Waals surface area contributed by atoms with Crippen molar-refractivity contribution in [2.45, 2.75) is 32.1 Å². The molecule has 0 aromatic heterocycles. The summed E-state index contributed by atoms with van der Waals surface area (Å²) >= 11 is 0. The van der Waals surface area contributed by atoms with Gasteiger partial charge in [0.2, 0.25) is 5.91 Å². The van der Waals surface area contributed by atoms with Gasteiger partial charge in [0, 0.05) is 55.9 Å². The van der Waals surface area contributed by atoms with Crippen LogP contribution in [0, 0.1) is 0 Å². The third kappa shape index (κ3) is 7.88. The molecule has 1 fully saturated rings. The maximum Gasteiger partial charge on any atom is 0.253 e. The Kier molecular flexibility index (Phi) is 9.91. The second-order valence-corrected chi connectivity index (χ2v) is 8.37. The van der Waals surface area contributed by atoms with Crippen molar-refractivity contribution in [3.63, 3.8) is 0 Å². The molecule has 34 heavy (non-hydrogen) atoms. The number of benzene rings is 2. The number of carbonyl (C=O) groups is 3. The van der Waals surface area contributed by atoms with Crippen molar-refractivity contribution in [2.75, 3.05) is 50.5 Å². The van der Waals surface area contributed by atoms with Crippen LogP contribution in [0.2, 0.25) is 0 Å². The van der Waals surface area contributed by atoms with Gasteiger partial charge in [-0.25, -0.2) is 0 Å². The second-order valence-electron chi connectivity index (χ2n) is 8.37. The SMILES string of the molecule is COCCCNC(=O)c1ccc(NCC(=O)Nc2ccc(C(=O)N3CCCCCC3)cc2)cc1. The van der Waals surface area contributed by atoms with E-state index in [4.69, 9.17) is 4.74 Å². The van der Waals surface area contributed by atoms with Gasteiger partial charge in [-0.15, -0.1) is 0 Å². The lowest BCUT2D eigenvalue weighted by Crippen LogP contribution is -2.31. The first-order valence-corrected chi connectivity index (χ1v) is 11.9. The van der Waals surface area contributed by atoms with Gasteiger partial charge in [-0.05, 0) is 67.8 Å². The van der Waals surface area contributed by atoms with Crippen LogP contribution in [-0.4, -0.2) is 62.5 Å². The average Bonchev–Trinajstić information content (AvgIpc) is 3.15. The summed E-state index contributed by atoms with van der Waals surface area (Å²) in [4.78, 5) is 39.0. The standard InChI is InChI=1S/C26H34N4O4/c1-34-18-6-15-27-25(32)20-7-11-22(12-8-20)28-19-24(31)29-23-13-9-21(10-14-23)26(33)30-16-4-2-3-5-17-30/h7-14,28H,2-6,15-19H2,1H3,(H,27,32)(H,29,31). The zero-order valence-electron chi connectivity index (χ0n) is 19.8. The van der Waals surface area contributed by atoms with Crippen LogP contribution in [0.4, 0.5) is 11.4 Å². The smallest absolute Gasteiger partial charge is 0.253 e. The van der Waals surface area contributed by atoms with E-state index in [0.29, 0.717) is 30.0 Å². The maximum absolute atomic E-state index is 12.7. The Hall–Kier alpha value is -3.39. The number of amides is 3. The third-order valence-electron chi connectivity index (χ3n) is 5.72. The number of nitrogens with zero attached hydrogens (tertiary/aromatic N) is 1. The molecule has 0 bridgehead atoms. The summed E-state index contributed by atoms with van der Waals surface area (Å²) in [6, 6.07) is 14.0. The minimum absolute atomic E-state index is 0.0496. The van der Waals surface area contributed by atoms with E-state index < -0.39 is 0 Å². The molecule has 3 N–H and O–H groups in total. The van der Waals surface area contributed by atoms with Crippen LogP contribution < -0.4 is 16.0 Å². The third-order valence-corrected chi connectivity index (χ3v) is 5.72. The summed E-state index contributed by atoms with van der Waals surface area (Å²) in [5, 5.41) is 8.71. The van der Waals surface area contributed by atoms with Crippen molar-refractivity contribution in [1.29, 1.82) is 0 Å². The predicted octanol–water partition coefficient (Wildman–Crippen LogP) is 3.52. The summed E-state index contributed by atoms with van der Waals surface area (Å²) < 4.78 is 4.96. The predicted molar refractivity (Wildman–Crippen MR) is 133 cm³/mol. The highest BCUT2D eigenvalue weighted by atomic mass is 16.5. The fourth-order valence-corrected chi connectivity index (χ4v) is 3.80. The molecule has 0 radical (unpaired) electrons. The Morgan fingerprint density at radius 1 is 0.853 bits per heavy atom. The molecule has 0 spiro atoms. The van der Waals surface area contributed by atoms with Crippen LogP contribution >= 0.6 is 0 Å². The van der Waals surface area contributed by atoms with Crippen LogP contribution in [0.1, 0.15) is 52.8 Å². The molecule has 1 aliphatic rings. The van der Waals surface area contributed by atoms with Gasteiger partial charge in [-0.1, -0.05) is 12.8 Å². The van der Waals surface area contributed by atoms with Crippen molar-refractivity contribution < 1.29 is 19.1 Å². The Morgan fingerprint density at radius 3 is 2.12 bits per heavy atom. The lowest BCUT2D eigenvalue weighted by molar-refractivity contribution is -0.114. The van der Waals surface area contributed by atoms with E-state index in [1.54, 1.807) is 55.6 Å². The number of methoxy groups -OCH3 is 1. The van der Waals surface area contributed by atoms with E-state index >= 15 is 0 Å². The van der Waals surface area contributed by atoms with E-state index in [9.17, 15) is 14.4 Å². The Balaban J connectivity index is 1.43. The Morgan fingerprint density at radius 2 is 1.47 bits per heavy atom. The molecule has 3 rings (SSSR count). The number of hydrogen-bond acceptors (Lipinski definition) is 5. The maximum atomic E-state index is 12.7. The van der Waals surface area contributed by atoms with Gasteiger partial charge < -0.3 is 25.6 Å². The van der Waals surface area contributed by atoms with Crippen molar-refractivity contribution in [2.24, 2.45) is 0 Å². The molecular formula is C26H34N4O4.